The number of nitrogens with zero attached hydrogens (tertiary/aromatic N) is 1. The summed E-state index contributed by atoms with van der Waals surface area (Å²) in [6, 6.07) is 7.95. The van der Waals surface area contributed by atoms with Crippen molar-refractivity contribution in [3.8, 4) is 0 Å². The molecule has 0 unspecified atom stereocenters. The molecule has 1 aromatic carbocycles. The first kappa shape index (κ1) is 16.1. The SMILES string of the molecule is O=C(NCCO)NC1CCN(Cc2ccc(Cl)cc2)CC1. The van der Waals surface area contributed by atoms with Crippen molar-refractivity contribution >= 4 is 17.6 Å². The molecule has 1 aliphatic heterocycles. The van der Waals surface area contributed by atoms with Crippen molar-refractivity contribution < 1.29 is 9.90 Å². The number of halogens is 1. The summed E-state index contributed by atoms with van der Waals surface area (Å²) in [7, 11) is 0. The second kappa shape index (κ2) is 8.22. The highest BCUT2D eigenvalue weighted by molar-refractivity contribution is 6.30. The number of carbonyl (C=O) groups excluding carboxylic acids is 1. The molecular formula is C15H22ClN3O2. The Morgan fingerprint density at radius 3 is 2.57 bits per heavy atom. The lowest BCUT2D eigenvalue weighted by atomic mass is 10.0. The summed E-state index contributed by atoms with van der Waals surface area (Å²) in [4.78, 5) is 13.9. The van der Waals surface area contributed by atoms with E-state index < -0.39 is 0 Å². The molecule has 0 bridgehead atoms. The number of aliphatic hydroxyl groups excluding tert-OH is 1. The molecule has 2 amide bonds. The largest absolute Gasteiger partial charge is 0.395 e. The Morgan fingerprint density at radius 2 is 1.95 bits per heavy atom. The molecule has 0 radical (unpaired) electrons. The Labute approximate surface area is 130 Å². The van der Waals surface area contributed by atoms with Gasteiger partial charge in [0, 0.05) is 37.2 Å². The van der Waals surface area contributed by atoms with Crippen LogP contribution in [0.4, 0.5) is 4.79 Å². The van der Waals surface area contributed by atoms with E-state index in [0.717, 1.165) is 37.5 Å². The van der Waals surface area contributed by atoms with Gasteiger partial charge < -0.3 is 15.7 Å². The maximum Gasteiger partial charge on any atom is 0.315 e. The van der Waals surface area contributed by atoms with Crippen molar-refractivity contribution in [2.75, 3.05) is 26.2 Å². The first-order chi connectivity index (χ1) is 10.2. The standard InChI is InChI=1S/C15H22ClN3O2/c16-13-3-1-12(2-4-13)11-19-8-5-14(6-9-19)18-15(21)17-7-10-20/h1-4,14,20H,5-11H2,(H2,17,18,21). The zero-order valence-corrected chi connectivity index (χ0v) is 12.8. The molecule has 0 saturated carbocycles. The fourth-order valence-corrected chi connectivity index (χ4v) is 2.62. The fraction of sp³-hybridized carbons (Fsp3) is 0.533. The van der Waals surface area contributed by atoms with Gasteiger partial charge in [-0.2, -0.15) is 0 Å². The molecule has 0 aromatic heterocycles. The van der Waals surface area contributed by atoms with Gasteiger partial charge in [0.2, 0.25) is 0 Å². The average molecular weight is 312 g/mol. The Kier molecular flexibility index (Phi) is 6.29. The molecule has 116 valence electrons. The van der Waals surface area contributed by atoms with Gasteiger partial charge in [-0.15, -0.1) is 0 Å². The number of hydrogen-bond acceptors (Lipinski definition) is 3. The predicted octanol–water partition coefficient (Wildman–Crippen LogP) is 1.60. The summed E-state index contributed by atoms with van der Waals surface area (Å²) >= 11 is 5.88. The van der Waals surface area contributed by atoms with Crippen molar-refractivity contribution in [2.24, 2.45) is 0 Å². The summed E-state index contributed by atoms with van der Waals surface area (Å²) in [5.74, 6) is 0. The Bertz CT molecular complexity index is 445. The summed E-state index contributed by atoms with van der Waals surface area (Å²) in [5, 5.41) is 15.0. The van der Waals surface area contributed by atoms with Crippen LogP contribution in [0.1, 0.15) is 18.4 Å². The van der Waals surface area contributed by atoms with Gasteiger partial charge in [0.05, 0.1) is 6.61 Å². The topological polar surface area (TPSA) is 64.6 Å². The number of nitrogens with one attached hydrogen (secondary N) is 2. The average Bonchev–Trinajstić information content (AvgIpc) is 2.49. The van der Waals surface area contributed by atoms with Gasteiger partial charge in [-0.1, -0.05) is 23.7 Å². The number of hydrogen-bond donors (Lipinski definition) is 3. The highest BCUT2D eigenvalue weighted by atomic mass is 35.5. The molecule has 21 heavy (non-hydrogen) atoms. The first-order valence-electron chi connectivity index (χ1n) is 7.29. The van der Waals surface area contributed by atoms with E-state index in [1.54, 1.807) is 0 Å². The van der Waals surface area contributed by atoms with Gasteiger partial charge in [-0.3, -0.25) is 4.90 Å². The van der Waals surface area contributed by atoms with E-state index in [2.05, 4.69) is 27.7 Å². The Morgan fingerprint density at radius 1 is 1.29 bits per heavy atom. The van der Waals surface area contributed by atoms with E-state index in [1.807, 2.05) is 12.1 Å². The number of amides is 2. The molecule has 1 heterocycles. The van der Waals surface area contributed by atoms with Crippen LogP contribution in [0, 0.1) is 0 Å². The van der Waals surface area contributed by atoms with Gasteiger partial charge in [-0.05, 0) is 30.5 Å². The maximum atomic E-state index is 11.5. The summed E-state index contributed by atoms with van der Waals surface area (Å²) in [6.45, 7) is 3.11. The molecule has 1 fully saturated rings. The lowest BCUT2D eigenvalue weighted by Crippen LogP contribution is -2.48. The summed E-state index contributed by atoms with van der Waals surface area (Å²) in [5.41, 5.74) is 1.26. The summed E-state index contributed by atoms with van der Waals surface area (Å²) < 4.78 is 0. The molecule has 3 N–H and O–H groups in total. The molecule has 0 aliphatic carbocycles. The number of piperidine rings is 1. The minimum Gasteiger partial charge on any atom is -0.395 e. The van der Waals surface area contributed by atoms with E-state index >= 15 is 0 Å². The highest BCUT2D eigenvalue weighted by Gasteiger charge is 2.20. The zero-order chi connectivity index (χ0) is 15.1. The molecule has 1 aromatic rings. The molecule has 1 saturated heterocycles. The lowest BCUT2D eigenvalue weighted by molar-refractivity contribution is 0.185. The second-order valence-electron chi connectivity index (χ2n) is 5.30. The monoisotopic (exact) mass is 311 g/mol. The van der Waals surface area contributed by atoms with Gasteiger partial charge >= 0.3 is 6.03 Å². The van der Waals surface area contributed by atoms with Gasteiger partial charge in [0.15, 0.2) is 0 Å². The minimum absolute atomic E-state index is 0.0348. The number of aliphatic hydroxyl groups is 1. The van der Waals surface area contributed by atoms with Crippen molar-refractivity contribution in [3.63, 3.8) is 0 Å². The van der Waals surface area contributed by atoms with Crippen LogP contribution in [0.5, 0.6) is 0 Å². The van der Waals surface area contributed by atoms with Crippen LogP contribution < -0.4 is 10.6 Å². The summed E-state index contributed by atoms with van der Waals surface area (Å²) in [6.07, 6.45) is 1.89. The lowest BCUT2D eigenvalue weighted by Gasteiger charge is -2.32. The number of carbonyl (C=O) groups is 1. The third kappa shape index (κ3) is 5.53. The number of urea groups is 1. The van der Waals surface area contributed by atoms with Crippen LogP contribution >= 0.6 is 11.6 Å². The maximum absolute atomic E-state index is 11.5. The third-order valence-corrected chi connectivity index (χ3v) is 3.89. The van der Waals surface area contributed by atoms with Crippen LogP contribution in [0.2, 0.25) is 5.02 Å². The fourth-order valence-electron chi connectivity index (χ4n) is 2.49. The van der Waals surface area contributed by atoms with Crippen LogP contribution in [0.3, 0.4) is 0 Å². The van der Waals surface area contributed by atoms with Crippen molar-refractivity contribution in [2.45, 2.75) is 25.4 Å². The second-order valence-corrected chi connectivity index (χ2v) is 5.74. The van der Waals surface area contributed by atoms with E-state index in [9.17, 15) is 4.79 Å². The van der Waals surface area contributed by atoms with E-state index in [4.69, 9.17) is 16.7 Å². The normalized spacial score (nSPS) is 16.7. The third-order valence-electron chi connectivity index (χ3n) is 3.64. The predicted molar refractivity (Wildman–Crippen MR) is 83.4 cm³/mol. The van der Waals surface area contributed by atoms with E-state index in [1.165, 1.54) is 5.56 Å². The van der Waals surface area contributed by atoms with Crippen LogP contribution in [0.15, 0.2) is 24.3 Å². The van der Waals surface area contributed by atoms with Crippen LogP contribution in [-0.2, 0) is 6.54 Å². The zero-order valence-electron chi connectivity index (χ0n) is 12.0. The van der Waals surface area contributed by atoms with Gasteiger partial charge in [0.1, 0.15) is 0 Å². The Balaban J connectivity index is 1.70. The molecular weight excluding hydrogens is 290 g/mol. The quantitative estimate of drug-likeness (QED) is 0.774. The molecule has 0 spiro atoms. The number of likely N-dealkylation sites (tertiary alicyclic amines) is 1. The van der Waals surface area contributed by atoms with Crippen molar-refractivity contribution in [3.05, 3.63) is 34.9 Å². The molecule has 5 nitrogen and oxygen atoms in total. The van der Waals surface area contributed by atoms with Crippen molar-refractivity contribution in [1.29, 1.82) is 0 Å². The molecule has 6 heteroatoms. The van der Waals surface area contributed by atoms with Gasteiger partial charge in [-0.25, -0.2) is 4.79 Å². The minimum atomic E-state index is -0.194. The highest BCUT2D eigenvalue weighted by Crippen LogP contribution is 2.15. The van der Waals surface area contributed by atoms with Crippen LogP contribution in [-0.4, -0.2) is 48.3 Å². The van der Waals surface area contributed by atoms with E-state index in [-0.39, 0.29) is 18.7 Å². The Hall–Kier alpha value is -1.30. The molecule has 2 rings (SSSR count). The van der Waals surface area contributed by atoms with Gasteiger partial charge in [0.25, 0.3) is 0 Å². The van der Waals surface area contributed by atoms with Crippen LogP contribution in [0.25, 0.3) is 0 Å². The van der Waals surface area contributed by atoms with Crippen molar-refractivity contribution in [1.82, 2.24) is 15.5 Å². The number of rotatable bonds is 5. The molecule has 0 atom stereocenters. The first-order valence-corrected chi connectivity index (χ1v) is 7.67. The smallest absolute Gasteiger partial charge is 0.315 e. The van der Waals surface area contributed by atoms with E-state index in [0.29, 0.717) is 6.54 Å². The molecule has 1 aliphatic rings. The number of benzene rings is 1.